The number of carbonyl (C=O) groups is 1. The summed E-state index contributed by atoms with van der Waals surface area (Å²) in [4.78, 5) is 19.5. The average Bonchev–Trinajstić information content (AvgIpc) is 2.82. The smallest absolute Gasteiger partial charge is 0.493 e. The Hall–Kier alpha value is -3.33. The largest absolute Gasteiger partial charge is 0.494 e. The number of alkyl halides is 5. The van der Waals surface area contributed by atoms with E-state index in [2.05, 4.69) is 14.5 Å². The lowest BCUT2D eigenvalue weighted by atomic mass is 10.1. The fourth-order valence-electron chi connectivity index (χ4n) is 3.58. The van der Waals surface area contributed by atoms with Crippen molar-refractivity contribution >= 4 is 27.4 Å². The molecule has 37 heavy (non-hydrogen) atoms. The van der Waals surface area contributed by atoms with E-state index < -0.39 is 50.9 Å². The highest BCUT2D eigenvalue weighted by molar-refractivity contribution is 7.92. The van der Waals surface area contributed by atoms with E-state index in [0.29, 0.717) is 43.5 Å². The second-order valence-corrected chi connectivity index (χ2v) is 9.81. The molecule has 0 bridgehead atoms. The monoisotopic (exact) mass is 553 g/mol. The topological polar surface area (TPSA) is 88.6 Å². The van der Waals surface area contributed by atoms with Crippen molar-refractivity contribution in [3.63, 3.8) is 0 Å². The lowest BCUT2D eigenvalue weighted by Gasteiger charge is -2.35. The molecule has 0 atom stereocenters. The third kappa shape index (κ3) is 6.52. The third-order valence-corrected chi connectivity index (χ3v) is 7.07. The first-order chi connectivity index (χ1) is 17.2. The maximum atomic E-state index is 13.6. The summed E-state index contributed by atoms with van der Waals surface area (Å²) < 4.78 is 101. The van der Waals surface area contributed by atoms with E-state index in [4.69, 9.17) is 4.74 Å². The maximum Gasteiger partial charge on any atom is 0.493 e. The van der Waals surface area contributed by atoms with Crippen LogP contribution in [0.1, 0.15) is 5.56 Å². The number of sulfonamides is 1. The maximum absolute atomic E-state index is 13.6. The first-order valence-electron chi connectivity index (χ1n) is 10.8. The fraction of sp³-hybridized carbons (Fsp3) is 0.409. The van der Waals surface area contributed by atoms with Gasteiger partial charge in [0.15, 0.2) is 0 Å². The molecule has 15 heteroatoms. The predicted molar refractivity (Wildman–Crippen MR) is 122 cm³/mol. The van der Waals surface area contributed by atoms with Crippen LogP contribution in [0.3, 0.4) is 0 Å². The van der Waals surface area contributed by atoms with Crippen molar-refractivity contribution in [3.8, 4) is 11.5 Å². The number of benzene rings is 2. The van der Waals surface area contributed by atoms with Gasteiger partial charge in [-0.2, -0.15) is 30.4 Å². The van der Waals surface area contributed by atoms with Crippen molar-refractivity contribution in [2.75, 3.05) is 49.7 Å². The Morgan fingerprint density at radius 2 is 1.70 bits per heavy atom. The number of likely N-dealkylation sites (N-methyl/N-ethyl adjacent to an activating group) is 1. The molecule has 2 aromatic rings. The molecule has 9 nitrogen and oxygen atoms in total. The van der Waals surface area contributed by atoms with Gasteiger partial charge in [0.25, 0.3) is 10.0 Å². The standard InChI is InChI=1S/C22H24F5N3O6S/c1-14-4-6-16(13-17(14)29-10-8-28(2)9-11-29)37(32,33)30(36-20(31)22(25,26)27)18-12-15(35-21(23)24)5-7-19(18)34-3/h4-7,12-13,21H,8-11H2,1-3H3. The van der Waals surface area contributed by atoms with E-state index in [1.54, 1.807) is 6.92 Å². The lowest BCUT2D eigenvalue weighted by Crippen LogP contribution is -2.44. The molecular weight excluding hydrogens is 529 g/mol. The molecule has 1 saturated heterocycles. The van der Waals surface area contributed by atoms with Crippen LogP contribution in [0.4, 0.5) is 33.3 Å². The number of piperazine rings is 1. The van der Waals surface area contributed by atoms with Crippen molar-refractivity contribution in [2.24, 2.45) is 0 Å². The zero-order valence-electron chi connectivity index (χ0n) is 20.0. The molecule has 0 saturated carbocycles. The van der Waals surface area contributed by atoms with Crippen molar-refractivity contribution in [3.05, 3.63) is 42.0 Å². The summed E-state index contributed by atoms with van der Waals surface area (Å²) in [7, 11) is -2.06. The predicted octanol–water partition coefficient (Wildman–Crippen LogP) is 3.57. The number of ether oxygens (including phenoxy) is 2. The Labute approximate surface area is 209 Å². The van der Waals surface area contributed by atoms with Gasteiger partial charge in [0.05, 0.1) is 12.0 Å². The molecule has 0 aromatic heterocycles. The summed E-state index contributed by atoms with van der Waals surface area (Å²) >= 11 is 0. The zero-order valence-corrected chi connectivity index (χ0v) is 20.8. The summed E-state index contributed by atoms with van der Waals surface area (Å²) in [6.07, 6.45) is -5.57. The van der Waals surface area contributed by atoms with Crippen LogP contribution in [0.25, 0.3) is 0 Å². The van der Waals surface area contributed by atoms with Gasteiger partial charge in [-0.25, -0.2) is 4.79 Å². The fourth-order valence-corrected chi connectivity index (χ4v) is 4.84. The molecule has 1 heterocycles. The SMILES string of the molecule is COc1ccc(OC(F)F)cc1N(OC(=O)C(F)(F)F)S(=O)(=O)c1ccc(C)c(N2CCN(C)CC2)c1. The van der Waals surface area contributed by atoms with Crippen molar-refractivity contribution in [1.29, 1.82) is 0 Å². The number of methoxy groups -OCH3 is 1. The molecular formula is C22H24F5N3O6S. The van der Waals surface area contributed by atoms with Gasteiger partial charge in [0.2, 0.25) is 0 Å². The first kappa shape index (κ1) is 28.2. The molecule has 0 spiro atoms. The summed E-state index contributed by atoms with van der Waals surface area (Å²) in [5, 5.41) is 0. The molecule has 1 fully saturated rings. The van der Waals surface area contributed by atoms with E-state index in [-0.39, 0.29) is 4.47 Å². The van der Waals surface area contributed by atoms with Crippen LogP contribution in [0.5, 0.6) is 11.5 Å². The van der Waals surface area contributed by atoms with E-state index >= 15 is 0 Å². The van der Waals surface area contributed by atoms with Crippen LogP contribution in [-0.2, 0) is 19.7 Å². The molecule has 2 aromatic carbocycles. The van der Waals surface area contributed by atoms with Crippen molar-refractivity contribution in [2.45, 2.75) is 24.6 Å². The summed E-state index contributed by atoms with van der Waals surface area (Å²) in [6.45, 7) is 0.926. The van der Waals surface area contributed by atoms with Crippen LogP contribution >= 0.6 is 0 Å². The number of nitrogens with zero attached hydrogens (tertiary/aromatic N) is 3. The molecule has 0 amide bonds. The second kappa shape index (κ2) is 11.0. The van der Waals surface area contributed by atoms with Crippen LogP contribution in [-0.4, -0.2) is 72.4 Å². The molecule has 0 N–H and O–H groups in total. The van der Waals surface area contributed by atoms with Crippen molar-refractivity contribution in [1.82, 2.24) is 4.90 Å². The Morgan fingerprint density at radius 3 is 2.27 bits per heavy atom. The Balaban J connectivity index is 2.14. The van der Waals surface area contributed by atoms with Crippen molar-refractivity contribution < 1.29 is 49.5 Å². The summed E-state index contributed by atoms with van der Waals surface area (Å²) in [5.41, 5.74) is 0.422. The number of halogens is 5. The van der Waals surface area contributed by atoms with E-state index in [0.717, 1.165) is 25.3 Å². The minimum Gasteiger partial charge on any atom is -0.494 e. The van der Waals surface area contributed by atoms with Crippen LogP contribution < -0.4 is 18.8 Å². The minimum absolute atomic E-state index is 0.307. The molecule has 0 radical (unpaired) electrons. The molecule has 0 unspecified atom stereocenters. The van der Waals surface area contributed by atoms with Crippen LogP contribution in [0.15, 0.2) is 41.3 Å². The molecule has 3 rings (SSSR count). The van der Waals surface area contributed by atoms with E-state index in [9.17, 15) is 35.2 Å². The zero-order chi connectivity index (χ0) is 27.5. The third-order valence-electron chi connectivity index (χ3n) is 5.51. The molecule has 204 valence electrons. The van der Waals surface area contributed by atoms with E-state index in [1.807, 2.05) is 11.9 Å². The molecule has 0 aliphatic carbocycles. The van der Waals surface area contributed by atoms with Crippen LogP contribution in [0.2, 0.25) is 0 Å². The number of aryl methyl sites for hydroxylation is 1. The number of anilines is 2. The van der Waals surface area contributed by atoms with Gasteiger partial charge >= 0.3 is 18.8 Å². The van der Waals surface area contributed by atoms with Gasteiger partial charge in [0.1, 0.15) is 17.2 Å². The summed E-state index contributed by atoms with van der Waals surface area (Å²) in [6, 6.07) is 6.44. The first-order valence-corrected chi connectivity index (χ1v) is 12.2. The van der Waals surface area contributed by atoms with E-state index in [1.165, 1.54) is 12.1 Å². The molecule has 1 aliphatic rings. The van der Waals surface area contributed by atoms with Crippen LogP contribution in [0, 0.1) is 6.92 Å². The normalized spacial score (nSPS) is 15.0. The number of hydrogen-bond acceptors (Lipinski definition) is 8. The lowest BCUT2D eigenvalue weighted by molar-refractivity contribution is -0.199. The number of rotatable bonds is 8. The quantitative estimate of drug-likeness (QED) is 0.362. The second-order valence-electron chi connectivity index (χ2n) is 8.06. The van der Waals surface area contributed by atoms with Gasteiger partial charge in [-0.15, -0.1) is 0 Å². The average molecular weight is 554 g/mol. The minimum atomic E-state index is -5.57. The number of hydrogen-bond donors (Lipinski definition) is 0. The van der Waals surface area contributed by atoms with Gasteiger partial charge < -0.3 is 24.1 Å². The van der Waals surface area contributed by atoms with Gasteiger partial charge in [-0.1, -0.05) is 10.5 Å². The van der Waals surface area contributed by atoms with Gasteiger partial charge in [0, 0.05) is 37.9 Å². The summed E-state index contributed by atoms with van der Waals surface area (Å²) in [5.74, 6) is -3.87. The number of carbonyl (C=O) groups excluding carboxylic acids is 1. The van der Waals surface area contributed by atoms with Gasteiger partial charge in [-0.05, 0) is 43.8 Å². The Morgan fingerprint density at radius 1 is 1.05 bits per heavy atom. The highest BCUT2D eigenvalue weighted by Crippen LogP contribution is 2.38. The highest BCUT2D eigenvalue weighted by atomic mass is 32.2. The molecule has 1 aliphatic heterocycles. The highest BCUT2D eigenvalue weighted by Gasteiger charge is 2.45. The Kier molecular flexibility index (Phi) is 8.37. The Bertz CT molecular complexity index is 1230. The van der Waals surface area contributed by atoms with Gasteiger partial charge in [-0.3, -0.25) is 0 Å².